The van der Waals surface area contributed by atoms with E-state index in [-0.39, 0.29) is 12.2 Å². The minimum absolute atomic E-state index is 0.176. The standard InChI is InChI=1S/C35H35ClN2O7S/c1-6-8-26-31(34(40)44-7-2)32(25-19-24(41-3)14-16-27(25)42-4)38-33(39)30(46-35(38)37-26)18-22-11-15-28(29(17-22)43-5)45-20-21-9-12-23(36)13-10-21/h9-19,32H,6-8,20H2,1-5H3/b30-18-/t32-/m1/s1. The lowest BCUT2D eigenvalue weighted by Crippen LogP contribution is -2.40. The van der Waals surface area contributed by atoms with E-state index >= 15 is 0 Å². The fourth-order valence-electron chi connectivity index (χ4n) is 5.25. The van der Waals surface area contributed by atoms with Crippen LogP contribution in [0.2, 0.25) is 5.02 Å². The molecule has 0 fully saturated rings. The topological polar surface area (TPSA) is 97.6 Å². The van der Waals surface area contributed by atoms with Crippen molar-refractivity contribution in [3.63, 3.8) is 0 Å². The highest BCUT2D eigenvalue weighted by atomic mass is 35.5. The van der Waals surface area contributed by atoms with Crippen molar-refractivity contribution >= 4 is 35.0 Å². The van der Waals surface area contributed by atoms with E-state index in [2.05, 4.69) is 0 Å². The Morgan fingerprint density at radius 2 is 1.70 bits per heavy atom. The van der Waals surface area contributed by atoms with E-state index in [9.17, 15) is 9.59 Å². The maximum absolute atomic E-state index is 14.2. The zero-order valence-electron chi connectivity index (χ0n) is 26.3. The number of carbonyl (C=O) groups is 1. The van der Waals surface area contributed by atoms with Gasteiger partial charge in [-0.05, 0) is 73.0 Å². The number of aromatic nitrogens is 1. The average molecular weight is 663 g/mol. The van der Waals surface area contributed by atoms with Gasteiger partial charge in [-0.25, -0.2) is 9.79 Å². The van der Waals surface area contributed by atoms with E-state index in [1.807, 2.05) is 43.3 Å². The molecule has 11 heteroatoms. The molecule has 3 aromatic carbocycles. The fraction of sp³-hybridized carbons (Fsp3) is 0.286. The number of esters is 1. The van der Waals surface area contributed by atoms with Crippen LogP contribution in [0.3, 0.4) is 0 Å². The molecular weight excluding hydrogens is 628 g/mol. The fourth-order valence-corrected chi connectivity index (χ4v) is 6.40. The summed E-state index contributed by atoms with van der Waals surface area (Å²) in [5.41, 5.74) is 2.85. The minimum atomic E-state index is -0.845. The number of methoxy groups -OCH3 is 3. The molecule has 2 heterocycles. The minimum Gasteiger partial charge on any atom is -0.497 e. The van der Waals surface area contributed by atoms with Crippen LogP contribution in [0.5, 0.6) is 23.0 Å². The second-order valence-electron chi connectivity index (χ2n) is 10.3. The van der Waals surface area contributed by atoms with Crippen molar-refractivity contribution < 1.29 is 28.5 Å². The van der Waals surface area contributed by atoms with Gasteiger partial charge in [0.2, 0.25) is 0 Å². The number of halogens is 1. The van der Waals surface area contributed by atoms with E-state index in [0.29, 0.717) is 67.2 Å². The molecule has 5 rings (SSSR count). The smallest absolute Gasteiger partial charge is 0.338 e. The van der Waals surface area contributed by atoms with Crippen LogP contribution in [-0.2, 0) is 16.1 Å². The van der Waals surface area contributed by atoms with E-state index in [1.54, 1.807) is 63.2 Å². The quantitative estimate of drug-likeness (QED) is 0.176. The summed E-state index contributed by atoms with van der Waals surface area (Å²) in [6.07, 6.45) is 3.05. The summed E-state index contributed by atoms with van der Waals surface area (Å²) < 4.78 is 30.3. The molecule has 4 aromatic rings. The highest BCUT2D eigenvalue weighted by Crippen LogP contribution is 2.39. The number of nitrogens with zero attached hydrogens (tertiary/aromatic N) is 2. The molecule has 0 amide bonds. The van der Waals surface area contributed by atoms with Gasteiger partial charge in [0.25, 0.3) is 5.56 Å². The van der Waals surface area contributed by atoms with Crippen molar-refractivity contribution in [2.45, 2.75) is 39.3 Å². The summed E-state index contributed by atoms with van der Waals surface area (Å²) in [7, 11) is 4.67. The van der Waals surface area contributed by atoms with Crippen molar-refractivity contribution in [2.24, 2.45) is 4.99 Å². The molecule has 0 N–H and O–H groups in total. The molecule has 1 aliphatic rings. The summed E-state index contributed by atoms with van der Waals surface area (Å²) in [4.78, 5) is 33.1. The van der Waals surface area contributed by atoms with Crippen LogP contribution in [-0.4, -0.2) is 38.5 Å². The monoisotopic (exact) mass is 662 g/mol. The second-order valence-corrected chi connectivity index (χ2v) is 11.8. The van der Waals surface area contributed by atoms with Gasteiger partial charge in [-0.15, -0.1) is 0 Å². The molecule has 0 radical (unpaired) electrons. The number of thiazole rings is 1. The molecule has 0 aliphatic carbocycles. The van der Waals surface area contributed by atoms with Crippen molar-refractivity contribution in [2.75, 3.05) is 27.9 Å². The molecule has 0 bridgehead atoms. The van der Waals surface area contributed by atoms with Gasteiger partial charge < -0.3 is 23.7 Å². The molecule has 46 heavy (non-hydrogen) atoms. The molecule has 240 valence electrons. The van der Waals surface area contributed by atoms with Crippen molar-refractivity contribution in [1.82, 2.24) is 4.57 Å². The van der Waals surface area contributed by atoms with Gasteiger partial charge in [0.05, 0.1) is 43.7 Å². The van der Waals surface area contributed by atoms with Gasteiger partial charge in [0.1, 0.15) is 24.1 Å². The second kappa shape index (κ2) is 14.7. The predicted molar refractivity (Wildman–Crippen MR) is 178 cm³/mol. The molecular formula is C35H35ClN2O7S. The summed E-state index contributed by atoms with van der Waals surface area (Å²) in [5.74, 6) is 1.60. The highest BCUT2D eigenvalue weighted by molar-refractivity contribution is 7.07. The molecule has 1 aromatic heterocycles. The third kappa shape index (κ3) is 6.83. The van der Waals surface area contributed by atoms with Gasteiger partial charge in [-0.2, -0.15) is 0 Å². The SMILES string of the molecule is CCCC1=C(C(=O)OCC)[C@@H](c2cc(OC)ccc2OC)n2c(s/c(=C\c3ccc(OCc4ccc(Cl)cc4)c(OC)c3)c2=O)=N1. The summed E-state index contributed by atoms with van der Waals surface area (Å²) in [5, 5.41) is 0.656. The van der Waals surface area contributed by atoms with Crippen LogP contribution in [0.25, 0.3) is 6.08 Å². The Morgan fingerprint density at radius 3 is 2.37 bits per heavy atom. The molecule has 1 atom stereocenters. The third-order valence-electron chi connectivity index (χ3n) is 7.42. The summed E-state index contributed by atoms with van der Waals surface area (Å²) in [6, 6.07) is 17.4. The number of rotatable bonds is 12. The molecule has 0 saturated carbocycles. The molecule has 0 saturated heterocycles. The van der Waals surface area contributed by atoms with E-state index < -0.39 is 12.0 Å². The number of allylic oxidation sites excluding steroid dienone is 1. The largest absolute Gasteiger partial charge is 0.497 e. The zero-order chi connectivity index (χ0) is 32.8. The summed E-state index contributed by atoms with van der Waals surface area (Å²) in [6.45, 7) is 4.27. The first kappa shape index (κ1) is 32.8. The van der Waals surface area contributed by atoms with Gasteiger partial charge in [-0.3, -0.25) is 9.36 Å². The van der Waals surface area contributed by atoms with Crippen molar-refractivity contribution in [3.05, 3.63) is 113 Å². The lowest BCUT2D eigenvalue weighted by Gasteiger charge is -2.27. The first-order chi connectivity index (χ1) is 22.3. The van der Waals surface area contributed by atoms with Crippen LogP contribution in [0.15, 0.2) is 81.7 Å². The average Bonchev–Trinajstić information content (AvgIpc) is 3.37. The van der Waals surface area contributed by atoms with Crippen LogP contribution in [0.4, 0.5) is 0 Å². The van der Waals surface area contributed by atoms with Gasteiger partial charge in [0, 0.05) is 10.6 Å². The first-order valence-corrected chi connectivity index (χ1v) is 16.0. The highest BCUT2D eigenvalue weighted by Gasteiger charge is 2.36. The van der Waals surface area contributed by atoms with Gasteiger partial charge in [-0.1, -0.05) is 54.5 Å². The molecule has 9 nitrogen and oxygen atoms in total. The number of fused-ring (bicyclic) bond motifs is 1. The van der Waals surface area contributed by atoms with Crippen LogP contribution >= 0.6 is 22.9 Å². The lowest BCUT2D eigenvalue weighted by molar-refractivity contribution is -0.139. The maximum atomic E-state index is 14.2. The number of hydrogen-bond acceptors (Lipinski definition) is 9. The Bertz CT molecular complexity index is 1950. The Balaban J connectivity index is 1.62. The number of ether oxygens (including phenoxy) is 5. The normalized spacial score (nSPS) is 14.4. The third-order valence-corrected chi connectivity index (χ3v) is 8.65. The number of benzene rings is 3. The van der Waals surface area contributed by atoms with Gasteiger partial charge >= 0.3 is 5.97 Å². The van der Waals surface area contributed by atoms with Crippen LogP contribution in [0, 0.1) is 0 Å². The maximum Gasteiger partial charge on any atom is 0.338 e. The van der Waals surface area contributed by atoms with Crippen LogP contribution < -0.4 is 33.8 Å². The Hall–Kier alpha value is -4.54. The van der Waals surface area contributed by atoms with E-state index in [4.69, 9.17) is 40.3 Å². The van der Waals surface area contributed by atoms with Crippen LogP contribution in [0.1, 0.15) is 49.4 Å². The van der Waals surface area contributed by atoms with E-state index in [1.165, 1.54) is 11.3 Å². The molecule has 0 unspecified atom stereocenters. The van der Waals surface area contributed by atoms with Crippen molar-refractivity contribution in [3.8, 4) is 23.0 Å². The zero-order valence-corrected chi connectivity index (χ0v) is 27.9. The number of carbonyl (C=O) groups excluding carboxylic acids is 1. The Labute approximate surface area is 275 Å². The predicted octanol–water partition coefficient (Wildman–Crippen LogP) is 5.84. The molecule has 0 spiro atoms. The van der Waals surface area contributed by atoms with Crippen molar-refractivity contribution in [1.29, 1.82) is 0 Å². The van der Waals surface area contributed by atoms with Gasteiger partial charge in [0.15, 0.2) is 16.3 Å². The Morgan fingerprint density at radius 1 is 0.957 bits per heavy atom. The summed E-state index contributed by atoms with van der Waals surface area (Å²) >= 11 is 7.25. The lowest BCUT2D eigenvalue weighted by atomic mass is 9.93. The van der Waals surface area contributed by atoms with E-state index in [0.717, 1.165) is 17.5 Å². The Kier molecular flexibility index (Phi) is 10.5. The molecule has 1 aliphatic heterocycles. The first-order valence-electron chi connectivity index (χ1n) is 14.8. The number of hydrogen-bond donors (Lipinski definition) is 0.